The minimum atomic E-state index is -1.47. The molecule has 5 saturated carbocycles. The Morgan fingerprint density at radius 1 is 1.06 bits per heavy atom. The first-order valence-electron chi connectivity index (χ1n) is 11.8. The first-order chi connectivity index (χ1) is 14.7. The molecule has 0 aromatic heterocycles. The van der Waals surface area contributed by atoms with E-state index < -0.39 is 28.3 Å². The van der Waals surface area contributed by atoms with Gasteiger partial charge in [-0.2, -0.15) is 0 Å². The van der Waals surface area contributed by atoms with E-state index in [2.05, 4.69) is 0 Å². The first-order valence-corrected chi connectivity index (χ1v) is 11.8. The minimum absolute atomic E-state index is 0.0574. The van der Waals surface area contributed by atoms with E-state index in [-0.39, 0.29) is 47.8 Å². The third-order valence-electron chi connectivity index (χ3n) is 10.8. The summed E-state index contributed by atoms with van der Waals surface area (Å²) in [6.45, 7) is 2.39. The molecule has 0 radical (unpaired) electrons. The van der Waals surface area contributed by atoms with Gasteiger partial charge in [0.15, 0.2) is 0 Å². The molecule has 12 atom stereocenters. The van der Waals surface area contributed by atoms with Crippen LogP contribution in [-0.2, 0) is 19.0 Å². The molecule has 1 spiro atoms. The summed E-state index contributed by atoms with van der Waals surface area (Å²) in [5.74, 6) is -1.34. The van der Waals surface area contributed by atoms with Crippen molar-refractivity contribution in [2.75, 3.05) is 27.9 Å². The van der Waals surface area contributed by atoms with E-state index >= 15 is 0 Å². The van der Waals surface area contributed by atoms with Crippen LogP contribution in [0.4, 0.5) is 0 Å². The number of carbonyl (C=O) groups is 1. The lowest BCUT2D eigenvalue weighted by Gasteiger charge is -2.69. The third-order valence-corrected chi connectivity index (χ3v) is 10.8. The molecule has 1 saturated heterocycles. The van der Waals surface area contributed by atoms with Crippen LogP contribution >= 0.6 is 0 Å². The molecule has 7 bridgehead atoms. The highest BCUT2D eigenvalue weighted by Crippen LogP contribution is 2.79. The summed E-state index contributed by atoms with van der Waals surface area (Å²) in [4.78, 5) is 15.3. The van der Waals surface area contributed by atoms with Crippen molar-refractivity contribution in [1.29, 1.82) is 0 Å². The van der Waals surface area contributed by atoms with Crippen molar-refractivity contribution in [3.8, 4) is 0 Å². The summed E-state index contributed by atoms with van der Waals surface area (Å²) in [7, 11) is 4.95. The molecule has 6 aliphatic rings. The lowest BCUT2D eigenvalue weighted by molar-refractivity contribution is -0.331. The zero-order chi connectivity index (χ0) is 22.1. The van der Waals surface area contributed by atoms with E-state index in [1.807, 2.05) is 6.92 Å². The van der Waals surface area contributed by atoms with Crippen LogP contribution in [0.3, 0.4) is 0 Å². The molecule has 5 aliphatic carbocycles. The number of likely N-dealkylation sites (N-methyl/N-ethyl adjacent to an activating group) is 1. The number of fused-ring (bicyclic) bond motifs is 2. The van der Waals surface area contributed by atoms with E-state index in [1.165, 1.54) is 0 Å². The van der Waals surface area contributed by atoms with Gasteiger partial charge < -0.3 is 34.4 Å². The number of likely N-dealkylation sites (tertiary alicyclic amines) is 1. The number of hydrogen-bond acceptors (Lipinski definition) is 7. The van der Waals surface area contributed by atoms with Crippen LogP contribution in [0.2, 0.25) is 0 Å². The maximum Gasteiger partial charge on any atom is 0.255 e. The lowest BCUT2D eigenvalue weighted by atomic mass is 9.43. The molecule has 174 valence electrons. The minimum Gasteiger partial charge on any atom is -0.386 e. The number of aliphatic hydroxyl groups is 3. The van der Waals surface area contributed by atoms with E-state index in [1.54, 1.807) is 26.2 Å². The van der Waals surface area contributed by atoms with Gasteiger partial charge in [-0.1, -0.05) is 0 Å². The fourth-order valence-corrected chi connectivity index (χ4v) is 10.1. The zero-order valence-corrected chi connectivity index (χ0v) is 18.8. The number of carbonyl (C=O) groups excluding carboxylic acids is 1. The van der Waals surface area contributed by atoms with Crippen molar-refractivity contribution < 1.29 is 34.3 Å². The second kappa shape index (κ2) is 6.02. The summed E-state index contributed by atoms with van der Waals surface area (Å²) in [6, 6.07) is -0.275. The molecule has 1 aliphatic heterocycles. The normalized spacial score (nSPS) is 61.1. The summed E-state index contributed by atoms with van der Waals surface area (Å²) in [5.41, 5.74) is -5.02. The highest BCUT2D eigenvalue weighted by Gasteiger charge is 2.89. The summed E-state index contributed by atoms with van der Waals surface area (Å²) in [5, 5.41) is 36.6. The number of hydrogen-bond donors (Lipinski definition) is 3. The van der Waals surface area contributed by atoms with Gasteiger partial charge in [0, 0.05) is 69.4 Å². The maximum absolute atomic E-state index is 13.5. The first kappa shape index (κ1) is 20.8. The fourth-order valence-electron chi connectivity index (χ4n) is 10.1. The molecule has 0 aromatic rings. The van der Waals surface area contributed by atoms with E-state index in [4.69, 9.17) is 14.2 Å². The molecule has 1 amide bonds. The van der Waals surface area contributed by atoms with Gasteiger partial charge in [0.25, 0.3) is 5.91 Å². The van der Waals surface area contributed by atoms with E-state index in [9.17, 15) is 20.1 Å². The summed E-state index contributed by atoms with van der Waals surface area (Å²) in [6.07, 6.45) is 1.36. The van der Waals surface area contributed by atoms with Crippen LogP contribution in [0.1, 0.15) is 39.0 Å². The predicted molar refractivity (Wildman–Crippen MR) is 108 cm³/mol. The van der Waals surface area contributed by atoms with Gasteiger partial charge >= 0.3 is 0 Å². The van der Waals surface area contributed by atoms with Crippen molar-refractivity contribution >= 4 is 5.91 Å². The van der Waals surface area contributed by atoms with Gasteiger partial charge in [-0.3, -0.25) is 4.79 Å². The Hall–Kier alpha value is -0.770. The lowest BCUT2D eigenvalue weighted by Crippen LogP contribution is -2.83. The van der Waals surface area contributed by atoms with Crippen LogP contribution in [0, 0.1) is 29.1 Å². The van der Waals surface area contributed by atoms with E-state index in [0.29, 0.717) is 38.6 Å². The molecule has 0 aromatic carbocycles. The molecule has 12 unspecified atom stereocenters. The van der Waals surface area contributed by atoms with Crippen molar-refractivity contribution in [3.05, 3.63) is 0 Å². The molecule has 6 fully saturated rings. The standard InChI is InChI=1S/C23H35NO7/c1-5-24-17-12-9-14-20(26,19(24)25)7-6-16(30-3)22(14,17)15-8-11-13(29-2)10-21(12,27)23(15,28)18(11)31-4/h11-18,26-28H,5-10H2,1-4H3. The van der Waals surface area contributed by atoms with Crippen molar-refractivity contribution in [2.45, 2.75) is 80.2 Å². The smallest absolute Gasteiger partial charge is 0.255 e. The van der Waals surface area contributed by atoms with E-state index in [0.717, 1.165) is 0 Å². The average molecular weight is 438 g/mol. The SMILES string of the molecule is CCN1C(=O)C2(O)CCC(OC)C34C1C(CC23)C1(O)CC(OC)C2CC4C1(O)C2OC. The van der Waals surface area contributed by atoms with Gasteiger partial charge in [-0.25, -0.2) is 0 Å². The van der Waals surface area contributed by atoms with Crippen molar-refractivity contribution in [2.24, 2.45) is 29.1 Å². The monoisotopic (exact) mass is 437 g/mol. The molecule has 8 heteroatoms. The molecular formula is C23H35NO7. The molecule has 6 rings (SSSR count). The Labute approximate surface area is 182 Å². The van der Waals surface area contributed by atoms with Crippen LogP contribution in [0.5, 0.6) is 0 Å². The molecule has 1 heterocycles. The van der Waals surface area contributed by atoms with Crippen LogP contribution in [-0.4, -0.2) is 95.2 Å². The highest BCUT2D eigenvalue weighted by molar-refractivity contribution is 5.88. The van der Waals surface area contributed by atoms with Gasteiger partial charge in [0.1, 0.15) is 16.8 Å². The molecular weight excluding hydrogens is 402 g/mol. The second-order valence-electron chi connectivity index (χ2n) is 11.0. The van der Waals surface area contributed by atoms with Gasteiger partial charge in [0.2, 0.25) is 0 Å². The second-order valence-corrected chi connectivity index (χ2v) is 11.0. The zero-order valence-electron chi connectivity index (χ0n) is 18.8. The Bertz CT molecular complexity index is 824. The fraction of sp³-hybridized carbons (Fsp3) is 0.957. The number of ether oxygens (including phenoxy) is 3. The van der Waals surface area contributed by atoms with Gasteiger partial charge in [-0.05, 0) is 32.6 Å². The van der Waals surface area contributed by atoms with Crippen molar-refractivity contribution in [1.82, 2.24) is 4.90 Å². The quantitative estimate of drug-likeness (QED) is 0.565. The number of methoxy groups -OCH3 is 3. The number of rotatable bonds is 4. The van der Waals surface area contributed by atoms with Gasteiger partial charge in [0.05, 0.1) is 18.3 Å². The summed E-state index contributed by atoms with van der Waals surface area (Å²) < 4.78 is 17.8. The van der Waals surface area contributed by atoms with Crippen molar-refractivity contribution in [3.63, 3.8) is 0 Å². The number of amides is 1. The number of piperidine rings is 1. The highest BCUT2D eigenvalue weighted by atomic mass is 16.5. The topological polar surface area (TPSA) is 109 Å². The molecule has 3 N–H and O–H groups in total. The molecule has 31 heavy (non-hydrogen) atoms. The average Bonchev–Trinajstić information content (AvgIpc) is 3.20. The van der Waals surface area contributed by atoms with Crippen LogP contribution < -0.4 is 0 Å². The Kier molecular flexibility index (Phi) is 4.04. The van der Waals surface area contributed by atoms with Crippen LogP contribution in [0.15, 0.2) is 0 Å². The Morgan fingerprint density at radius 3 is 2.42 bits per heavy atom. The van der Waals surface area contributed by atoms with Gasteiger partial charge in [-0.15, -0.1) is 0 Å². The molecule has 8 nitrogen and oxygen atoms in total. The van der Waals surface area contributed by atoms with Crippen LogP contribution in [0.25, 0.3) is 0 Å². The summed E-state index contributed by atoms with van der Waals surface area (Å²) >= 11 is 0. The predicted octanol–water partition coefficient (Wildman–Crippen LogP) is -0.0749. The Morgan fingerprint density at radius 2 is 1.81 bits per heavy atom. The maximum atomic E-state index is 13.5. The largest absolute Gasteiger partial charge is 0.386 e. The Balaban J connectivity index is 1.65. The third kappa shape index (κ3) is 1.82. The number of nitrogens with zero attached hydrogens (tertiary/aromatic N) is 1.